The molecule has 4 heteroatoms. The van der Waals surface area contributed by atoms with E-state index < -0.39 is 0 Å². The van der Waals surface area contributed by atoms with Gasteiger partial charge in [-0.15, -0.1) is 11.8 Å². The van der Waals surface area contributed by atoms with Crippen LogP contribution in [0.3, 0.4) is 0 Å². The topological polar surface area (TPSA) is 24.5 Å². The van der Waals surface area contributed by atoms with Crippen LogP contribution in [0.15, 0.2) is 23.1 Å². The molecule has 17 heavy (non-hydrogen) atoms. The summed E-state index contributed by atoms with van der Waals surface area (Å²) in [7, 11) is 1.74. The van der Waals surface area contributed by atoms with Gasteiger partial charge in [0.05, 0.1) is 12.0 Å². The zero-order valence-corrected chi connectivity index (χ0v) is 11.3. The summed E-state index contributed by atoms with van der Waals surface area (Å²) in [6.07, 6.45) is 2.11. The number of piperazine rings is 1. The number of benzene rings is 1. The summed E-state index contributed by atoms with van der Waals surface area (Å²) in [6, 6.07) is 6.32. The Balaban J connectivity index is 2.13. The number of ether oxygens (including phenoxy) is 1. The van der Waals surface area contributed by atoms with E-state index in [1.54, 1.807) is 18.9 Å². The second-order valence-corrected chi connectivity index (χ2v) is 5.00. The van der Waals surface area contributed by atoms with Crippen molar-refractivity contribution in [3.8, 4) is 5.75 Å². The van der Waals surface area contributed by atoms with E-state index in [9.17, 15) is 0 Å². The summed E-state index contributed by atoms with van der Waals surface area (Å²) < 4.78 is 5.41. The van der Waals surface area contributed by atoms with Gasteiger partial charge < -0.3 is 10.1 Å². The fourth-order valence-electron chi connectivity index (χ4n) is 2.19. The van der Waals surface area contributed by atoms with Gasteiger partial charge in [-0.05, 0) is 17.9 Å². The zero-order chi connectivity index (χ0) is 12.1. The highest BCUT2D eigenvalue weighted by Gasteiger charge is 2.14. The number of nitrogens with one attached hydrogen (secondary N) is 1. The lowest BCUT2D eigenvalue weighted by Gasteiger charge is -2.28. The third kappa shape index (κ3) is 3.15. The first kappa shape index (κ1) is 12.7. The van der Waals surface area contributed by atoms with Crippen molar-refractivity contribution in [1.82, 2.24) is 10.2 Å². The van der Waals surface area contributed by atoms with Crippen LogP contribution in [-0.2, 0) is 6.54 Å². The molecule has 0 aromatic heterocycles. The molecule has 0 atom stereocenters. The van der Waals surface area contributed by atoms with Crippen LogP contribution in [0.25, 0.3) is 0 Å². The molecule has 0 radical (unpaired) electrons. The standard InChI is InChI=1S/C13H20N2OS/c1-16-12-5-3-4-11(13(12)17-2)10-15-8-6-14-7-9-15/h3-5,14H,6-10H2,1-2H3. The second-order valence-electron chi connectivity index (χ2n) is 4.18. The molecule has 3 nitrogen and oxygen atoms in total. The van der Waals surface area contributed by atoms with Crippen LogP contribution in [0.2, 0.25) is 0 Å². The number of methoxy groups -OCH3 is 1. The Morgan fingerprint density at radius 2 is 2.12 bits per heavy atom. The predicted octanol–water partition coefficient (Wildman–Crippen LogP) is 1.82. The minimum Gasteiger partial charge on any atom is -0.496 e. The molecular weight excluding hydrogens is 232 g/mol. The minimum absolute atomic E-state index is 0.991. The van der Waals surface area contributed by atoms with Gasteiger partial charge in [-0.1, -0.05) is 12.1 Å². The Labute approximate surface area is 108 Å². The first-order chi connectivity index (χ1) is 8.35. The van der Waals surface area contributed by atoms with Crippen LogP contribution < -0.4 is 10.1 Å². The van der Waals surface area contributed by atoms with Crippen LogP contribution in [0, 0.1) is 0 Å². The summed E-state index contributed by atoms with van der Waals surface area (Å²) in [5.74, 6) is 0.991. The van der Waals surface area contributed by atoms with E-state index in [-0.39, 0.29) is 0 Å². The quantitative estimate of drug-likeness (QED) is 0.826. The van der Waals surface area contributed by atoms with Gasteiger partial charge in [-0.2, -0.15) is 0 Å². The van der Waals surface area contributed by atoms with E-state index in [2.05, 4.69) is 28.6 Å². The Bertz CT molecular complexity index is 364. The van der Waals surface area contributed by atoms with E-state index in [0.717, 1.165) is 38.5 Å². The molecule has 94 valence electrons. The van der Waals surface area contributed by atoms with Crippen molar-refractivity contribution in [1.29, 1.82) is 0 Å². The van der Waals surface area contributed by atoms with Crippen molar-refractivity contribution < 1.29 is 4.74 Å². The van der Waals surface area contributed by atoms with Gasteiger partial charge in [-0.25, -0.2) is 0 Å². The molecule has 1 fully saturated rings. The van der Waals surface area contributed by atoms with Crippen LogP contribution in [-0.4, -0.2) is 44.4 Å². The van der Waals surface area contributed by atoms with Crippen LogP contribution >= 0.6 is 11.8 Å². The molecule has 0 bridgehead atoms. The molecule has 1 heterocycles. The molecule has 2 rings (SSSR count). The largest absolute Gasteiger partial charge is 0.496 e. The summed E-state index contributed by atoms with van der Waals surface area (Å²) >= 11 is 1.77. The van der Waals surface area contributed by atoms with E-state index in [1.807, 2.05) is 6.07 Å². The van der Waals surface area contributed by atoms with Crippen molar-refractivity contribution >= 4 is 11.8 Å². The molecule has 1 aromatic carbocycles. The number of hydrogen-bond donors (Lipinski definition) is 1. The fraction of sp³-hybridized carbons (Fsp3) is 0.538. The van der Waals surface area contributed by atoms with Crippen LogP contribution in [0.1, 0.15) is 5.56 Å². The molecule has 1 aliphatic rings. The number of rotatable bonds is 4. The first-order valence-corrected chi connectivity index (χ1v) is 7.20. The van der Waals surface area contributed by atoms with Gasteiger partial charge >= 0.3 is 0 Å². The van der Waals surface area contributed by atoms with Gasteiger partial charge in [0.15, 0.2) is 0 Å². The average Bonchev–Trinajstić information content (AvgIpc) is 2.39. The molecule has 1 aromatic rings. The Hall–Kier alpha value is -0.710. The van der Waals surface area contributed by atoms with Crippen molar-refractivity contribution in [2.75, 3.05) is 39.5 Å². The highest BCUT2D eigenvalue weighted by Crippen LogP contribution is 2.31. The van der Waals surface area contributed by atoms with Crippen molar-refractivity contribution in [2.45, 2.75) is 11.4 Å². The van der Waals surface area contributed by atoms with Gasteiger partial charge in [0.25, 0.3) is 0 Å². The highest BCUT2D eigenvalue weighted by molar-refractivity contribution is 7.98. The summed E-state index contributed by atoms with van der Waals surface area (Å²) in [5.41, 5.74) is 1.37. The average molecular weight is 252 g/mol. The number of nitrogens with zero attached hydrogens (tertiary/aromatic N) is 1. The van der Waals surface area contributed by atoms with Gasteiger partial charge in [0.2, 0.25) is 0 Å². The molecule has 0 spiro atoms. The molecule has 1 saturated heterocycles. The van der Waals surface area contributed by atoms with E-state index in [0.29, 0.717) is 0 Å². The normalized spacial score (nSPS) is 17.1. The molecule has 1 N–H and O–H groups in total. The Morgan fingerprint density at radius 3 is 2.76 bits per heavy atom. The maximum Gasteiger partial charge on any atom is 0.132 e. The maximum atomic E-state index is 5.41. The van der Waals surface area contributed by atoms with E-state index in [4.69, 9.17) is 4.74 Å². The minimum atomic E-state index is 0.991. The summed E-state index contributed by atoms with van der Waals surface area (Å²) in [4.78, 5) is 3.76. The van der Waals surface area contributed by atoms with Crippen molar-refractivity contribution in [3.63, 3.8) is 0 Å². The zero-order valence-electron chi connectivity index (χ0n) is 10.5. The van der Waals surface area contributed by atoms with Gasteiger partial charge in [0, 0.05) is 32.7 Å². The first-order valence-electron chi connectivity index (χ1n) is 5.98. The monoisotopic (exact) mass is 252 g/mol. The molecule has 0 aliphatic carbocycles. The lowest BCUT2D eigenvalue weighted by atomic mass is 10.2. The summed E-state index contributed by atoms with van der Waals surface area (Å²) in [6.45, 7) is 5.47. The van der Waals surface area contributed by atoms with Crippen LogP contribution in [0.5, 0.6) is 5.75 Å². The maximum absolute atomic E-state index is 5.41. The van der Waals surface area contributed by atoms with Crippen LogP contribution in [0.4, 0.5) is 0 Å². The smallest absolute Gasteiger partial charge is 0.132 e. The number of thioether (sulfide) groups is 1. The number of hydrogen-bond acceptors (Lipinski definition) is 4. The fourth-order valence-corrected chi connectivity index (χ4v) is 2.94. The Morgan fingerprint density at radius 1 is 1.35 bits per heavy atom. The van der Waals surface area contributed by atoms with Gasteiger partial charge in [-0.3, -0.25) is 4.90 Å². The van der Waals surface area contributed by atoms with E-state index >= 15 is 0 Å². The molecule has 0 saturated carbocycles. The molecular formula is C13H20N2OS. The predicted molar refractivity (Wildman–Crippen MR) is 72.9 cm³/mol. The lowest BCUT2D eigenvalue weighted by molar-refractivity contribution is 0.231. The van der Waals surface area contributed by atoms with Gasteiger partial charge in [0.1, 0.15) is 5.75 Å². The summed E-state index contributed by atoms with van der Waals surface area (Å²) in [5, 5.41) is 3.38. The third-order valence-corrected chi connectivity index (χ3v) is 3.96. The van der Waals surface area contributed by atoms with Crippen molar-refractivity contribution in [3.05, 3.63) is 23.8 Å². The SMILES string of the molecule is COc1cccc(CN2CCNCC2)c1SC. The molecule has 0 unspecified atom stereocenters. The Kier molecular flexibility index (Phi) is 4.71. The highest BCUT2D eigenvalue weighted by atomic mass is 32.2. The molecule has 1 aliphatic heterocycles. The van der Waals surface area contributed by atoms with Crippen molar-refractivity contribution in [2.24, 2.45) is 0 Å². The lowest BCUT2D eigenvalue weighted by Crippen LogP contribution is -2.42. The van der Waals surface area contributed by atoms with E-state index in [1.165, 1.54) is 10.5 Å². The third-order valence-electron chi connectivity index (χ3n) is 3.09. The second kappa shape index (κ2) is 6.28. The molecule has 0 amide bonds.